The maximum atomic E-state index is 14.4. The molecule has 4 heterocycles. The number of halogens is 1. The molecule has 3 aromatic heterocycles. The van der Waals surface area contributed by atoms with Crippen molar-refractivity contribution in [2.75, 3.05) is 30.8 Å². The molecule has 1 aliphatic heterocycles. The summed E-state index contributed by atoms with van der Waals surface area (Å²) in [5, 5.41) is 19.9. The van der Waals surface area contributed by atoms with Gasteiger partial charge in [0.2, 0.25) is 5.95 Å². The molecule has 0 amide bonds. The first-order chi connectivity index (χ1) is 16.5. The number of methoxy groups -OCH3 is 1. The molecule has 0 bridgehead atoms. The summed E-state index contributed by atoms with van der Waals surface area (Å²) in [6, 6.07) is 2.95. The number of piperidine rings is 1. The number of anilines is 2. The van der Waals surface area contributed by atoms with Gasteiger partial charge in [0.1, 0.15) is 0 Å². The summed E-state index contributed by atoms with van der Waals surface area (Å²) < 4.78 is 22.9. The Kier molecular flexibility index (Phi) is 5.01. The highest BCUT2D eigenvalue weighted by Gasteiger charge is 2.30. The normalized spacial score (nSPS) is 23.3. The van der Waals surface area contributed by atoms with Gasteiger partial charge in [-0.15, -0.1) is 5.10 Å². The van der Waals surface area contributed by atoms with E-state index < -0.39 is 5.82 Å². The molecule has 0 spiro atoms. The fourth-order valence-electron chi connectivity index (χ4n) is 5.30. The van der Waals surface area contributed by atoms with Gasteiger partial charge in [-0.25, -0.2) is 14.4 Å². The third-order valence-corrected chi connectivity index (χ3v) is 7.11. The molecule has 0 radical (unpaired) electrons. The highest BCUT2D eigenvalue weighted by atomic mass is 19.1. The summed E-state index contributed by atoms with van der Waals surface area (Å²) in [6.07, 6.45) is 8.30. The van der Waals surface area contributed by atoms with Gasteiger partial charge in [0.25, 0.3) is 0 Å². The van der Waals surface area contributed by atoms with Crippen LogP contribution in [0.5, 0.6) is 5.75 Å². The van der Waals surface area contributed by atoms with Crippen LogP contribution in [0.3, 0.4) is 0 Å². The molecule has 34 heavy (non-hydrogen) atoms. The Balaban J connectivity index is 1.30. The van der Waals surface area contributed by atoms with E-state index >= 15 is 0 Å². The highest BCUT2D eigenvalue weighted by Crippen LogP contribution is 2.34. The van der Waals surface area contributed by atoms with Crippen LogP contribution in [-0.2, 0) is 0 Å². The quantitative estimate of drug-likeness (QED) is 0.471. The van der Waals surface area contributed by atoms with Crippen molar-refractivity contribution < 1.29 is 14.2 Å². The number of hydrogen-bond donors (Lipinski definition) is 2. The molecule has 1 aromatic carbocycles. The Hall–Kier alpha value is -3.47. The third-order valence-electron chi connectivity index (χ3n) is 7.11. The lowest BCUT2D eigenvalue weighted by Gasteiger charge is -2.32. The summed E-state index contributed by atoms with van der Waals surface area (Å²) in [7, 11) is 1.41. The molecule has 1 saturated carbocycles. The van der Waals surface area contributed by atoms with Gasteiger partial charge in [-0.1, -0.05) is 0 Å². The maximum Gasteiger partial charge on any atom is 0.223 e. The van der Waals surface area contributed by atoms with Crippen molar-refractivity contribution in [3.05, 3.63) is 36.2 Å². The Morgan fingerprint density at radius 1 is 1.18 bits per heavy atom. The number of benzene rings is 1. The van der Waals surface area contributed by atoms with Gasteiger partial charge >= 0.3 is 0 Å². The van der Waals surface area contributed by atoms with Crippen molar-refractivity contribution in [1.29, 1.82) is 0 Å². The molecule has 4 aromatic rings. The van der Waals surface area contributed by atoms with Gasteiger partial charge in [-0.2, -0.15) is 9.61 Å². The fourth-order valence-corrected chi connectivity index (χ4v) is 5.30. The fraction of sp³-hybridized carbons (Fsp3) is 0.478. The molecule has 2 fully saturated rings. The van der Waals surface area contributed by atoms with Crippen molar-refractivity contribution in [2.24, 2.45) is 0 Å². The van der Waals surface area contributed by atoms with Crippen LogP contribution in [0.1, 0.15) is 49.9 Å². The molecule has 2 unspecified atom stereocenters. The molecular formula is C23H27FN8O2. The van der Waals surface area contributed by atoms with E-state index in [9.17, 15) is 9.50 Å². The first-order valence-corrected chi connectivity index (χ1v) is 11.7. The number of hydrogen-bond acceptors (Lipinski definition) is 8. The number of nitrogens with zero attached hydrogens (tertiary/aromatic N) is 7. The minimum absolute atomic E-state index is 0.0530. The average Bonchev–Trinajstić information content (AvgIpc) is 3.59. The number of aliphatic hydroxyl groups is 1. The van der Waals surface area contributed by atoms with Gasteiger partial charge in [0, 0.05) is 36.7 Å². The second-order valence-electron chi connectivity index (χ2n) is 9.21. The van der Waals surface area contributed by atoms with Crippen LogP contribution in [0.2, 0.25) is 0 Å². The molecule has 2 aliphatic rings. The van der Waals surface area contributed by atoms with Crippen LogP contribution < -0.4 is 15.4 Å². The van der Waals surface area contributed by atoms with E-state index in [0.717, 1.165) is 50.9 Å². The SMILES string of the molecule is COc1cc2nc(N)n3nc([C@@H]4CCCN(c5cnn(C6CCCC6O)c5)C4)nc3c2cc1F. The Morgan fingerprint density at radius 3 is 2.85 bits per heavy atom. The van der Waals surface area contributed by atoms with Gasteiger partial charge in [-0.05, 0) is 38.2 Å². The zero-order valence-electron chi connectivity index (χ0n) is 18.9. The molecule has 10 nitrogen and oxygen atoms in total. The maximum absolute atomic E-state index is 14.4. The van der Waals surface area contributed by atoms with Crippen LogP contribution in [0.4, 0.5) is 16.0 Å². The number of aromatic nitrogens is 6. The third kappa shape index (κ3) is 3.42. The number of rotatable bonds is 4. The molecule has 6 rings (SSSR count). The lowest BCUT2D eigenvalue weighted by molar-refractivity contribution is 0.130. The summed E-state index contributed by atoms with van der Waals surface area (Å²) in [6.45, 7) is 1.66. The Bertz CT molecular complexity index is 1370. The number of ether oxygens (including phenoxy) is 1. The van der Waals surface area contributed by atoms with Crippen LogP contribution in [0, 0.1) is 5.82 Å². The molecule has 1 saturated heterocycles. The van der Waals surface area contributed by atoms with Gasteiger partial charge < -0.3 is 20.5 Å². The summed E-state index contributed by atoms with van der Waals surface area (Å²) in [5.41, 5.74) is 8.19. The van der Waals surface area contributed by atoms with Crippen molar-refractivity contribution >= 4 is 28.2 Å². The lowest BCUT2D eigenvalue weighted by atomic mass is 9.97. The Morgan fingerprint density at radius 2 is 2.06 bits per heavy atom. The van der Waals surface area contributed by atoms with Crippen molar-refractivity contribution in [3.8, 4) is 5.75 Å². The molecule has 1 aliphatic carbocycles. The first kappa shape index (κ1) is 21.1. The van der Waals surface area contributed by atoms with Crippen molar-refractivity contribution in [2.45, 2.75) is 50.2 Å². The second kappa shape index (κ2) is 8.08. The van der Waals surface area contributed by atoms with Gasteiger partial charge in [0.05, 0.1) is 36.7 Å². The average molecular weight is 467 g/mol. The lowest BCUT2D eigenvalue weighted by Crippen LogP contribution is -2.34. The molecule has 3 atom stereocenters. The number of nitrogens with two attached hydrogens (primary N) is 1. The van der Waals surface area contributed by atoms with Crippen LogP contribution in [0.25, 0.3) is 16.6 Å². The van der Waals surface area contributed by atoms with Crippen molar-refractivity contribution in [1.82, 2.24) is 29.4 Å². The predicted molar refractivity (Wildman–Crippen MR) is 125 cm³/mol. The molecule has 11 heteroatoms. The molecule has 178 valence electrons. The predicted octanol–water partition coefficient (Wildman–Crippen LogP) is 2.67. The second-order valence-corrected chi connectivity index (χ2v) is 9.21. The number of nitrogen functional groups attached to an aromatic ring is 1. The zero-order valence-corrected chi connectivity index (χ0v) is 18.9. The smallest absolute Gasteiger partial charge is 0.223 e. The van der Waals surface area contributed by atoms with E-state index in [1.54, 1.807) is 0 Å². The molecular weight excluding hydrogens is 439 g/mol. The summed E-state index contributed by atoms with van der Waals surface area (Å²) in [4.78, 5) is 11.4. The highest BCUT2D eigenvalue weighted by molar-refractivity contribution is 5.93. The van der Waals surface area contributed by atoms with Crippen LogP contribution >= 0.6 is 0 Å². The minimum Gasteiger partial charge on any atom is -0.494 e. The van der Waals surface area contributed by atoms with Crippen molar-refractivity contribution in [3.63, 3.8) is 0 Å². The van der Waals surface area contributed by atoms with E-state index in [-0.39, 0.29) is 29.8 Å². The number of fused-ring (bicyclic) bond motifs is 3. The number of aliphatic hydroxyl groups excluding tert-OH is 1. The summed E-state index contributed by atoms with van der Waals surface area (Å²) in [5.74, 6) is 0.574. The van der Waals surface area contributed by atoms with Crippen LogP contribution in [0.15, 0.2) is 24.5 Å². The van der Waals surface area contributed by atoms with Crippen LogP contribution in [-0.4, -0.2) is 60.8 Å². The van der Waals surface area contributed by atoms with E-state index in [4.69, 9.17) is 15.5 Å². The minimum atomic E-state index is -0.485. The monoisotopic (exact) mass is 466 g/mol. The Labute approximate surface area is 195 Å². The largest absolute Gasteiger partial charge is 0.494 e. The standard InChI is InChI=1S/C23H27FN8O2/c1-34-20-9-17-15(8-16(20)24)22-28-21(29-32(22)23(25)27-17)13-4-3-7-30(11-13)14-10-26-31(12-14)18-5-2-6-19(18)33/h8-10,12-13,18-19,33H,2-7,11H2,1H3,(H2,25,27)/t13-,18?,19?/m1/s1. The topological polar surface area (TPSA) is 120 Å². The zero-order chi connectivity index (χ0) is 23.4. The first-order valence-electron chi connectivity index (χ1n) is 11.7. The van der Waals surface area contributed by atoms with E-state index in [1.165, 1.54) is 23.8 Å². The van der Waals surface area contributed by atoms with E-state index in [0.29, 0.717) is 22.4 Å². The van der Waals surface area contributed by atoms with E-state index in [1.807, 2.05) is 17.1 Å². The molecule has 3 N–H and O–H groups in total. The summed E-state index contributed by atoms with van der Waals surface area (Å²) >= 11 is 0. The van der Waals surface area contributed by atoms with Gasteiger partial charge in [0.15, 0.2) is 23.0 Å². The van der Waals surface area contributed by atoms with Gasteiger partial charge in [-0.3, -0.25) is 4.68 Å². The van der Waals surface area contributed by atoms with E-state index in [2.05, 4.69) is 20.1 Å².